The minimum absolute atomic E-state index is 0.168. The number of carboxylic acids is 1. The van der Waals surface area contributed by atoms with Crippen molar-refractivity contribution in [1.82, 2.24) is 0 Å². The number of aromatic hydroxyl groups is 1. The van der Waals surface area contributed by atoms with E-state index in [4.69, 9.17) is 4.74 Å². The van der Waals surface area contributed by atoms with E-state index in [1.54, 1.807) is 13.0 Å². The van der Waals surface area contributed by atoms with Crippen molar-refractivity contribution >= 4 is 5.97 Å². The molecule has 2 N–H and O–H groups in total. The van der Waals surface area contributed by atoms with E-state index in [1.165, 1.54) is 5.57 Å². The number of aliphatic carboxylic acids is 1. The summed E-state index contributed by atoms with van der Waals surface area (Å²) in [6.45, 7) is 10.0. The molecule has 0 bridgehead atoms. The third kappa shape index (κ3) is 2.89. The predicted octanol–water partition coefficient (Wildman–Crippen LogP) is 5.15. The maximum absolute atomic E-state index is 12.0. The van der Waals surface area contributed by atoms with Gasteiger partial charge in [0.05, 0.1) is 5.41 Å². The van der Waals surface area contributed by atoms with Crippen LogP contribution in [-0.4, -0.2) is 21.8 Å². The van der Waals surface area contributed by atoms with E-state index in [0.29, 0.717) is 23.7 Å². The SMILES string of the molecule is CCCC(C)(C(=O)O)c1cc(O)c2c(c1)OC(C)(C)[C@@H]1CC=C(C)C[C@@H]21. The van der Waals surface area contributed by atoms with Gasteiger partial charge < -0.3 is 14.9 Å². The smallest absolute Gasteiger partial charge is 0.313 e. The second-order valence-corrected chi connectivity index (χ2v) is 8.70. The Morgan fingerprint density at radius 3 is 2.69 bits per heavy atom. The van der Waals surface area contributed by atoms with E-state index in [0.717, 1.165) is 24.8 Å². The highest BCUT2D eigenvalue weighted by molar-refractivity contribution is 5.81. The summed E-state index contributed by atoms with van der Waals surface area (Å²) in [6.07, 6.45) is 5.38. The van der Waals surface area contributed by atoms with Crippen molar-refractivity contribution in [3.05, 3.63) is 34.9 Å². The van der Waals surface area contributed by atoms with Crippen LogP contribution in [-0.2, 0) is 10.2 Å². The van der Waals surface area contributed by atoms with Gasteiger partial charge in [-0.05, 0) is 64.7 Å². The first-order valence-corrected chi connectivity index (χ1v) is 9.55. The topological polar surface area (TPSA) is 66.8 Å². The van der Waals surface area contributed by atoms with Crippen molar-refractivity contribution in [1.29, 1.82) is 0 Å². The summed E-state index contributed by atoms with van der Waals surface area (Å²) in [6, 6.07) is 3.50. The quantitative estimate of drug-likeness (QED) is 0.731. The minimum Gasteiger partial charge on any atom is -0.508 e. The number of carbonyl (C=O) groups is 1. The lowest BCUT2D eigenvalue weighted by atomic mass is 9.66. The first kappa shape index (κ1) is 18.8. The number of hydrogen-bond acceptors (Lipinski definition) is 3. The zero-order valence-corrected chi connectivity index (χ0v) is 16.4. The molecule has 4 heteroatoms. The molecule has 1 aliphatic carbocycles. The van der Waals surface area contributed by atoms with E-state index in [-0.39, 0.29) is 17.3 Å². The van der Waals surface area contributed by atoms with Gasteiger partial charge in [-0.15, -0.1) is 0 Å². The first-order chi connectivity index (χ1) is 12.1. The van der Waals surface area contributed by atoms with Crippen molar-refractivity contribution in [3.63, 3.8) is 0 Å². The van der Waals surface area contributed by atoms with Gasteiger partial charge in [0.2, 0.25) is 0 Å². The fourth-order valence-electron chi connectivity index (χ4n) is 4.76. The number of allylic oxidation sites excluding steroid dienone is 2. The van der Waals surface area contributed by atoms with Crippen LogP contribution in [0.5, 0.6) is 11.5 Å². The molecule has 1 aliphatic heterocycles. The fourth-order valence-corrected chi connectivity index (χ4v) is 4.76. The zero-order valence-electron chi connectivity index (χ0n) is 16.4. The van der Waals surface area contributed by atoms with Gasteiger partial charge in [0.25, 0.3) is 0 Å². The Balaban J connectivity index is 2.14. The first-order valence-electron chi connectivity index (χ1n) is 9.55. The standard InChI is InChI=1S/C22H30O4/c1-6-9-22(5,20(24)25)14-11-17(23)19-15-10-13(2)7-8-16(15)21(3,4)26-18(19)12-14/h7,11-12,15-16,23H,6,8-10H2,1-5H3,(H,24,25)/t15-,16-,22?/m1/s1. The number of phenolic OH excluding ortho intramolecular Hbond substituents is 1. The second kappa shape index (κ2) is 6.33. The average molecular weight is 358 g/mol. The molecule has 3 rings (SSSR count). The maximum Gasteiger partial charge on any atom is 0.313 e. The predicted molar refractivity (Wildman–Crippen MR) is 102 cm³/mol. The largest absolute Gasteiger partial charge is 0.508 e. The number of ether oxygens (including phenoxy) is 1. The van der Waals surface area contributed by atoms with Gasteiger partial charge >= 0.3 is 5.97 Å². The molecule has 1 unspecified atom stereocenters. The van der Waals surface area contributed by atoms with Crippen LogP contribution in [0.1, 0.15) is 77.3 Å². The number of fused-ring (bicyclic) bond motifs is 3. The Bertz CT molecular complexity index is 762. The second-order valence-electron chi connectivity index (χ2n) is 8.70. The Morgan fingerprint density at radius 2 is 2.08 bits per heavy atom. The summed E-state index contributed by atoms with van der Waals surface area (Å²) in [7, 11) is 0. The van der Waals surface area contributed by atoms with Crippen molar-refractivity contribution in [2.75, 3.05) is 0 Å². The van der Waals surface area contributed by atoms with Gasteiger partial charge in [-0.2, -0.15) is 0 Å². The highest BCUT2D eigenvalue weighted by Crippen LogP contribution is 2.54. The van der Waals surface area contributed by atoms with Gasteiger partial charge in [0, 0.05) is 17.4 Å². The number of carboxylic acid groups (broad SMARTS) is 1. The van der Waals surface area contributed by atoms with Crippen LogP contribution in [0.2, 0.25) is 0 Å². The molecular weight excluding hydrogens is 328 g/mol. The van der Waals surface area contributed by atoms with Crippen LogP contribution in [0, 0.1) is 5.92 Å². The van der Waals surface area contributed by atoms with Crippen molar-refractivity contribution in [2.24, 2.45) is 5.92 Å². The maximum atomic E-state index is 12.0. The minimum atomic E-state index is -1.03. The molecule has 142 valence electrons. The molecule has 0 radical (unpaired) electrons. The molecule has 2 aliphatic rings. The Hall–Kier alpha value is -1.97. The van der Waals surface area contributed by atoms with Gasteiger partial charge in [0.15, 0.2) is 0 Å². The zero-order chi connectivity index (χ0) is 19.3. The summed E-state index contributed by atoms with van der Waals surface area (Å²) in [5.74, 6) is 0.445. The lowest BCUT2D eigenvalue weighted by Crippen LogP contribution is -2.45. The van der Waals surface area contributed by atoms with Crippen molar-refractivity contribution in [2.45, 2.75) is 77.2 Å². The molecule has 4 nitrogen and oxygen atoms in total. The normalized spacial score (nSPS) is 26.0. The Kier molecular flexibility index (Phi) is 4.58. The molecule has 0 aromatic heterocycles. The third-order valence-electron chi connectivity index (χ3n) is 6.36. The molecule has 0 fully saturated rings. The van der Waals surface area contributed by atoms with E-state index in [9.17, 15) is 15.0 Å². The van der Waals surface area contributed by atoms with Gasteiger partial charge in [0.1, 0.15) is 17.1 Å². The summed E-state index contributed by atoms with van der Waals surface area (Å²) < 4.78 is 6.32. The van der Waals surface area contributed by atoms with Crippen LogP contribution in [0.25, 0.3) is 0 Å². The van der Waals surface area contributed by atoms with Crippen LogP contribution >= 0.6 is 0 Å². The number of rotatable bonds is 4. The molecule has 0 amide bonds. The lowest BCUT2D eigenvalue weighted by Gasteiger charge is -2.47. The van der Waals surface area contributed by atoms with Crippen molar-refractivity contribution in [3.8, 4) is 11.5 Å². The van der Waals surface area contributed by atoms with Gasteiger partial charge in [-0.3, -0.25) is 4.79 Å². The summed E-state index contributed by atoms with van der Waals surface area (Å²) >= 11 is 0. The summed E-state index contributed by atoms with van der Waals surface area (Å²) in [5.41, 5.74) is 1.40. The Labute approximate surface area is 155 Å². The summed E-state index contributed by atoms with van der Waals surface area (Å²) in [4.78, 5) is 12.0. The molecule has 0 spiro atoms. The fraction of sp³-hybridized carbons (Fsp3) is 0.591. The number of benzene rings is 1. The van der Waals surface area contributed by atoms with E-state index in [2.05, 4.69) is 26.8 Å². The molecular formula is C22H30O4. The van der Waals surface area contributed by atoms with Crippen molar-refractivity contribution < 1.29 is 19.7 Å². The average Bonchev–Trinajstić information content (AvgIpc) is 2.53. The van der Waals surface area contributed by atoms with Gasteiger partial charge in [-0.1, -0.05) is 25.0 Å². The molecule has 3 atom stereocenters. The highest BCUT2D eigenvalue weighted by Gasteiger charge is 2.46. The number of hydrogen-bond donors (Lipinski definition) is 2. The molecule has 1 heterocycles. The Morgan fingerprint density at radius 1 is 1.38 bits per heavy atom. The molecule has 1 aromatic carbocycles. The third-order valence-corrected chi connectivity index (χ3v) is 6.36. The van der Waals surface area contributed by atoms with Crippen LogP contribution in [0.4, 0.5) is 0 Å². The van der Waals surface area contributed by atoms with E-state index in [1.807, 2.05) is 13.0 Å². The van der Waals surface area contributed by atoms with E-state index < -0.39 is 11.4 Å². The van der Waals surface area contributed by atoms with Crippen LogP contribution in [0.15, 0.2) is 23.8 Å². The number of phenols is 1. The highest BCUT2D eigenvalue weighted by atomic mass is 16.5. The molecule has 0 saturated carbocycles. The molecule has 26 heavy (non-hydrogen) atoms. The van der Waals surface area contributed by atoms with Gasteiger partial charge in [-0.25, -0.2) is 0 Å². The monoisotopic (exact) mass is 358 g/mol. The summed E-state index contributed by atoms with van der Waals surface area (Å²) in [5, 5.41) is 20.7. The van der Waals surface area contributed by atoms with Crippen LogP contribution < -0.4 is 4.74 Å². The molecule has 1 aromatic rings. The molecule has 0 saturated heterocycles. The van der Waals surface area contributed by atoms with E-state index >= 15 is 0 Å². The lowest BCUT2D eigenvalue weighted by molar-refractivity contribution is -0.143. The van der Waals surface area contributed by atoms with Crippen LogP contribution in [0.3, 0.4) is 0 Å².